The Kier molecular flexibility index (Phi) is 4.37. The van der Waals surface area contributed by atoms with Crippen molar-refractivity contribution in [2.45, 2.75) is 13.3 Å². The molecule has 1 heterocycles. The van der Waals surface area contributed by atoms with Gasteiger partial charge >= 0.3 is 0 Å². The van der Waals surface area contributed by atoms with Gasteiger partial charge in [0.05, 0.1) is 0 Å². The second kappa shape index (κ2) is 4.53. The van der Waals surface area contributed by atoms with Crippen molar-refractivity contribution < 1.29 is 18.6 Å². The summed E-state index contributed by atoms with van der Waals surface area (Å²) in [5.41, 5.74) is 0.924. The minimum Gasteiger partial charge on any atom is -0.456 e. The standard InChI is InChI=1S/C6H7N2.V/c1-2-6-5-7-3-4-8-6;/h3-4H,2H2,1H3;/q-1;. The topological polar surface area (TPSA) is 25.8 Å². The van der Waals surface area contributed by atoms with Gasteiger partial charge in [-0.05, 0) is 18.3 Å². The first-order chi connectivity index (χ1) is 3.93. The van der Waals surface area contributed by atoms with E-state index in [0.717, 1.165) is 12.1 Å². The maximum absolute atomic E-state index is 3.98. The zero-order valence-electron chi connectivity index (χ0n) is 5.20. The molecule has 0 amide bonds. The summed E-state index contributed by atoms with van der Waals surface area (Å²) >= 11 is 0. The van der Waals surface area contributed by atoms with Gasteiger partial charge in [0.25, 0.3) is 0 Å². The predicted octanol–water partition coefficient (Wildman–Crippen LogP) is 0.837. The molecule has 47 valence electrons. The SMILES string of the molecule is CCc1[c-]nccn1.[V]. The van der Waals surface area contributed by atoms with E-state index >= 15 is 0 Å². The van der Waals surface area contributed by atoms with Crippen LogP contribution in [0.15, 0.2) is 12.4 Å². The van der Waals surface area contributed by atoms with Crippen LogP contribution in [0.5, 0.6) is 0 Å². The maximum atomic E-state index is 3.98. The van der Waals surface area contributed by atoms with Crippen molar-refractivity contribution in [1.82, 2.24) is 9.97 Å². The van der Waals surface area contributed by atoms with Crippen molar-refractivity contribution in [3.63, 3.8) is 0 Å². The normalized spacial score (nSPS) is 8.11. The van der Waals surface area contributed by atoms with Crippen LogP contribution in [0.4, 0.5) is 0 Å². The van der Waals surface area contributed by atoms with Gasteiger partial charge < -0.3 is 4.98 Å². The molecule has 0 aromatic carbocycles. The Morgan fingerprint density at radius 1 is 1.56 bits per heavy atom. The van der Waals surface area contributed by atoms with Gasteiger partial charge in [0.1, 0.15) is 0 Å². The molecule has 0 saturated heterocycles. The first kappa shape index (κ1) is 8.66. The van der Waals surface area contributed by atoms with Crippen LogP contribution in [-0.4, -0.2) is 9.97 Å². The summed E-state index contributed by atoms with van der Waals surface area (Å²) in [6.07, 6.45) is 6.97. The van der Waals surface area contributed by atoms with Crippen molar-refractivity contribution in [1.29, 1.82) is 0 Å². The Labute approximate surface area is 66.6 Å². The molecule has 0 saturated carbocycles. The van der Waals surface area contributed by atoms with Gasteiger partial charge in [-0.3, -0.25) is 4.98 Å². The molecule has 0 aliphatic carbocycles. The third-order valence-electron chi connectivity index (χ3n) is 0.900. The molecule has 1 radical (unpaired) electrons. The smallest absolute Gasteiger partial charge is 0 e. The van der Waals surface area contributed by atoms with Crippen LogP contribution in [0.25, 0.3) is 0 Å². The summed E-state index contributed by atoms with van der Waals surface area (Å²) in [7, 11) is 0. The van der Waals surface area contributed by atoms with Crippen molar-refractivity contribution in [3.05, 3.63) is 24.3 Å². The number of hydrogen-bond acceptors (Lipinski definition) is 2. The van der Waals surface area contributed by atoms with Crippen LogP contribution in [0.3, 0.4) is 0 Å². The van der Waals surface area contributed by atoms with E-state index in [4.69, 9.17) is 0 Å². The molecule has 0 fully saturated rings. The molecular formula is C6H7N2V-. The molecule has 0 N–H and O–H groups in total. The fourth-order valence-corrected chi connectivity index (χ4v) is 0.468. The monoisotopic (exact) mass is 158 g/mol. The molecule has 0 atom stereocenters. The Morgan fingerprint density at radius 2 is 2.33 bits per heavy atom. The summed E-state index contributed by atoms with van der Waals surface area (Å²) in [4.78, 5) is 7.75. The zero-order chi connectivity index (χ0) is 5.82. The van der Waals surface area contributed by atoms with Gasteiger partial charge in [-0.1, -0.05) is 6.92 Å². The van der Waals surface area contributed by atoms with E-state index in [2.05, 4.69) is 16.2 Å². The number of aromatic nitrogens is 2. The number of nitrogens with zero attached hydrogens (tertiary/aromatic N) is 2. The van der Waals surface area contributed by atoms with E-state index in [1.165, 1.54) is 0 Å². The van der Waals surface area contributed by atoms with E-state index < -0.39 is 0 Å². The minimum atomic E-state index is 0. The van der Waals surface area contributed by atoms with Gasteiger partial charge in [0.15, 0.2) is 0 Å². The van der Waals surface area contributed by atoms with E-state index in [0.29, 0.717) is 0 Å². The van der Waals surface area contributed by atoms with Gasteiger partial charge in [0, 0.05) is 18.6 Å². The third-order valence-corrected chi connectivity index (χ3v) is 0.900. The molecule has 9 heavy (non-hydrogen) atoms. The molecule has 1 aromatic heterocycles. The fourth-order valence-electron chi connectivity index (χ4n) is 0.468. The Balaban J connectivity index is 0.000000640. The molecule has 3 heteroatoms. The molecule has 0 aliphatic heterocycles. The Bertz CT molecular complexity index is 152. The van der Waals surface area contributed by atoms with Crippen molar-refractivity contribution in [3.8, 4) is 0 Å². The van der Waals surface area contributed by atoms with E-state index in [9.17, 15) is 0 Å². The minimum absolute atomic E-state index is 0. The van der Waals surface area contributed by atoms with Gasteiger partial charge in [-0.2, -0.15) is 0 Å². The summed E-state index contributed by atoms with van der Waals surface area (Å²) < 4.78 is 0. The van der Waals surface area contributed by atoms with E-state index in [1.54, 1.807) is 12.4 Å². The number of rotatable bonds is 1. The average molecular weight is 158 g/mol. The van der Waals surface area contributed by atoms with Crippen molar-refractivity contribution in [2.75, 3.05) is 0 Å². The fraction of sp³-hybridized carbons (Fsp3) is 0.333. The van der Waals surface area contributed by atoms with Gasteiger partial charge in [0.2, 0.25) is 0 Å². The summed E-state index contributed by atoms with van der Waals surface area (Å²) in [5, 5.41) is 0. The van der Waals surface area contributed by atoms with Crippen LogP contribution >= 0.6 is 0 Å². The van der Waals surface area contributed by atoms with Crippen LogP contribution in [0.2, 0.25) is 0 Å². The molecule has 1 aromatic rings. The Hall–Kier alpha value is -0.336. The summed E-state index contributed by atoms with van der Waals surface area (Å²) in [6.45, 7) is 2.03. The average Bonchev–Trinajstić information content (AvgIpc) is 1.90. The first-order valence-electron chi connectivity index (χ1n) is 2.61. The van der Waals surface area contributed by atoms with Crippen molar-refractivity contribution >= 4 is 0 Å². The molecule has 0 bridgehead atoms. The van der Waals surface area contributed by atoms with Crippen LogP contribution in [0, 0.1) is 6.20 Å². The maximum Gasteiger partial charge on any atom is 0 e. The van der Waals surface area contributed by atoms with Crippen LogP contribution in [-0.2, 0) is 25.0 Å². The van der Waals surface area contributed by atoms with Crippen molar-refractivity contribution in [2.24, 2.45) is 0 Å². The molecule has 1 rings (SSSR count). The van der Waals surface area contributed by atoms with Crippen LogP contribution in [0.1, 0.15) is 12.6 Å². The largest absolute Gasteiger partial charge is 0.456 e. The first-order valence-corrected chi connectivity index (χ1v) is 2.61. The van der Waals surface area contributed by atoms with Gasteiger partial charge in [-0.15, -0.1) is 12.4 Å². The van der Waals surface area contributed by atoms with E-state index in [1.807, 2.05) is 6.92 Å². The van der Waals surface area contributed by atoms with Crippen LogP contribution < -0.4 is 0 Å². The zero-order valence-corrected chi connectivity index (χ0v) is 6.60. The molecule has 0 aliphatic rings. The molecule has 0 unspecified atom stereocenters. The summed E-state index contributed by atoms with van der Waals surface area (Å²) in [6, 6.07) is 0. The second-order valence-electron chi connectivity index (χ2n) is 1.47. The summed E-state index contributed by atoms with van der Waals surface area (Å²) in [5.74, 6) is 0. The third kappa shape index (κ3) is 2.63. The molecule has 2 nitrogen and oxygen atoms in total. The van der Waals surface area contributed by atoms with E-state index in [-0.39, 0.29) is 18.6 Å². The Morgan fingerprint density at radius 3 is 2.67 bits per heavy atom. The number of hydrogen-bond donors (Lipinski definition) is 0. The second-order valence-corrected chi connectivity index (χ2v) is 1.47. The number of aryl methyl sites for hydroxylation is 1. The molecule has 0 spiro atoms. The van der Waals surface area contributed by atoms with Gasteiger partial charge in [-0.25, -0.2) is 0 Å². The quantitative estimate of drug-likeness (QED) is 0.566. The predicted molar refractivity (Wildman–Crippen MR) is 30.2 cm³/mol. The molecular weight excluding hydrogens is 151 g/mol.